The van der Waals surface area contributed by atoms with Gasteiger partial charge in [0, 0.05) is 57.4 Å². The van der Waals surface area contributed by atoms with E-state index < -0.39 is 0 Å². The minimum atomic E-state index is -0.186. The molecule has 0 radical (unpaired) electrons. The summed E-state index contributed by atoms with van der Waals surface area (Å²) in [5.41, 5.74) is 1.82. The first-order valence-corrected chi connectivity index (χ1v) is 11.5. The van der Waals surface area contributed by atoms with Crippen molar-refractivity contribution in [2.24, 2.45) is 5.92 Å². The van der Waals surface area contributed by atoms with Gasteiger partial charge in [-0.2, -0.15) is 5.26 Å². The molecule has 2 aliphatic heterocycles. The Hall–Kier alpha value is -2.63. The van der Waals surface area contributed by atoms with Crippen LogP contribution in [0.2, 0.25) is 0 Å². The molecule has 2 saturated heterocycles. The van der Waals surface area contributed by atoms with E-state index in [9.17, 15) is 9.59 Å². The van der Waals surface area contributed by atoms with Gasteiger partial charge in [-0.25, -0.2) is 0 Å². The Labute approximate surface area is 190 Å². The molecular formula is C24H34N4O4. The average molecular weight is 443 g/mol. The zero-order chi connectivity index (χ0) is 22.9. The fourth-order valence-electron chi connectivity index (χ4n) is 4.86. The van der Waals surface area contributed by atoms with Crippen LogP contribution >= 0.6 is 0 Å². The summed E-state index contributed by atoms with van der Waals surface area (Å²) in [6, 6.07) is 10.3. The summed E-state index contributed by atoms with van der Waals surface area (Å²) < 4.78 is 9.98. The van der Waals surface area contributed by atoms with Crippen molar-refractivity contribution < 1.29 is 19.1 Å². The fourth-order valence-corrected chi connectivity index (χ4v) is 4.86. The number of hydrogen-bond acceptors (Lipinski definition) is 8. The summed E-state index contributed by atoms with van der Waals surface area (Å²) in [5.74, 6) is -0.0654. The van der Waals surface area contributed by atoms with Gasteiger partial charge in [-0.3, -0.25) is 19.4 Å². The second kappa shape index (κ2) is 11.8. The van der Waals surface area contributed by atoms with Crippen molar-refractivity contribution in [2.45, 2.75) is 32.2 Å². The van der Waals surface area contributed by atoms with Crippen molar-refractivity contribution >= 4 is 17.6 Å². The van der Waals surface area contributed by atoms with E-state index in [-0.39, 0.29) is 11.9 Å². The first kappa shape index (κ1) is 24.0. The van der Waals surface area contributed by atoms with E-state index in [1.165, 1.54) is 7.11 Å². The third-order valence-corrected chi connectivity index (χ3v) is 6.53. The first-order valence-electron chi connectivity index (χ1n) is 11.5. The topological polar surface area (TPSA) is 86.1 Å². The Bertz CT molecular complexity index is 799. The van der Waals surface area contributed by atoms with E-state index >= 15 is 0 Å². The lowest BCUT2D eigenvalue weighted by Crippen LogP contribution is -2.57. The maximum Gasteiger partial charge on any atom is 0.320 e. The SMILES string of the molecule is CCOC(=O)CN1CCC(N2CCN(c3ccc(C#N)cc3)CC2)C(CCC(=O)OC)C1. The number of hydrogen-bond donors (Lipinski definition) is 0. The van der Waals surface area contributed by atoms with Gasteiger partial charge in [0.25, 0.3) is 0 Å². The summed E-state index contributed by atoms with van der Waals surface area (Å²) in [6.45, 7) is 7.93. The number of carbonyl (C=O) groups excluding carboxylic acids is 2. The number of likely N-dealkylation sites (tertiary alicyclic amines) is 1. The molecule has 0 bridgehead atoms. The Kier molecular flexibility index (Phi) is 8.89. The van der Waals surface area contributed by atoms with Gasteiger partial charge in [0.1, 0.15) is 0 Å². The quantitative estimate of drug-likeness (QED) is 0.564. The molecule has 2 unspecified atom stereocenters. The summed E-state index contributed by atoms with van der Waals surface area (Å²) in [4.78, 5) is 30.8. The van der Waals surface area contributed by atoms with Crippen LogP contribution in [0.25, 0.3) is 0 Å². The van der Waals surface area contributed by atoms with Gasteiger partial charge in [-0.05, 0) is 49.9 Å². The van der Waals surface area contributed by atoms with Crippen molar-refractivity contribution in [2.75, 3.05) is 64.4 Å². The number of anilines is 1. The number of ether oxygens (including phenoxy) is 2. The van der Waals surface area contributed by atoms with Gasteiger partial charge in [0.05, 0.1) is 31.9 Å². The van der Waals surface area contributed by atoms with Gasteiger partial charge in [0.15, 0.2) is 0 Å². The van der Waals surface area contributed by atoms with Crippen molar-refractivity contribution in [3.8, 4) is 6.07 Å². The molecule has 8 heteroatoms. The van der Waals surface area contributed by atoms with Crippen LogP contribution in [0, 0.1) is 17.2 Å². The van der Waals surface area contributed by atoms with Crippen LogP contribution in [0.4, 0.5) is 5.69 Å². The number of piperazine rings is 1. The molecule has 0 N–H and O–H groups in total. The third-order valence-electron chi connectivity index (χ3n) is 6.53. The van der Waals surface area contributed by atoms with E-state index in [0.29, 0.717) is 37.1 Å². The van der Waals surface area contributed by atoms with Gasteiger partial charge in [0.2, 0.25) is 0 Å². The summed E-state index contributed by atoms with van der Waals surface area (Å²) >= 11 is 0. The highest BCUT2D eigenvalue weighted by atomic mass is 16.5. The molecule has 0 aromatic heterocycles. The van der Waals surface area contributed by atoms with Crippen LogP contribution in [-0.4, -0.2) is 87.3 Å². The van der Waals surface area contributed by atoms with Crippen LogP contribution < -0.4 is 4.90 Å². The molecular weight excluding hydrogens is 408 g/mol. The van der Waals surface area contributed by atoms with Crippen LogP contribution in [0.1, 0.15) is 31.7 Å². The van der Waals surface area contributed by atoms with Gasteiger partial charge < -0.3 is 14.4 Å². The summed E-state index contributed by atoms with van der Waals surface area (Å²) in [7, 11) is 1.43. The van der Waals surface area contributed by atoms with E-state index in [1.54, 1.807) is 0 Å². The molecule has 3 rings (SSSR count). The van der Waals surface area contributed by atoms with Crippen LogP contribution in [-0.2, 0) is 19.1 Å². The number of nitriles is 1. The minimum absolute atomic E-state index is 0.183. The van der Waals surface area contributed by atoms with E-state index in [0.717, 1.165) is 57.8 Å². The zero-order valence-corrected chi connectivity index (χ0v) is 19.2. The van der Waals surface area contributed by atoms with Crippen molar-refractivity contribution in [1.82, 2.24) is 9.80 Å². The molecule has 2 atom stereocenters. The molecule has 0 saturated carbocycles. The highest BCUT2D eigenvalue weighted by Crippen LogP contribution is 2.28. The molecule has 32 heavy (non-hydrogen) atoms. The normalized spacial score (nSPS) is 22.2. The monoisotopic (exact) mass is 442 g/mol. The van der Waals surface area contributed by atoms with E-state index in [4.69, 9.17) is 14.7 Å². The van der Waals surface area contributed by atoms with Gasteiger partial charge in [-0.15, -0.1) is 0 Å². The minimum Gasteiger partial charge on any atom is -0.469 e. The average Bonchev–Trinajstić information content (AvgIpc) is 2.83. The zero-order valence-electron chi connectivity index (χ0n) is 19.2. The van der Waals surface area contributed by atoms with Crippen LogP contribution in [0.15, 0.2) is 24.3 Å². The molecule has 2 aliphatic rings. The molecule has 0 aliphatic carbocycles. The highest BCUT2D eigenvalue weighted by Gasteiger charge is 2.35. The Balaban J connectivity index is 1.59. The second-order valence-electron chi connectivity index (χ2n) is 8.45. The number of benzene rings is 1. The molecule has 1 aromatic rings. The smallest absolute Gasteiger partial charge is 0.320 e. The van der Waals surface area contributed by atoms with Gasteiger partial charge >= 0.3 is 11.9 Å². The van der Waals surface area contributed by atoms with E-state index in [2.05, 4.69) is 20.8 Å². The Morgan fingerprint density at radius 2 is 1.81 bits per heavy atom. The fraction of sp³-hybridized carbons (Fsp3) is 0.625. The Morgan fingerprint density at radius 3 is 2.44 bits per heavy atom. The summed E-state index contributed by atoms with van der Waals surface area (Å²) in [5, 5.41) is 9.00. The molecule has 1 aromatic carbocycles. The maximum absolute atomic E-state index is 12.0. The number of rotatable bonds is 8. The lowest BCUT2D eigenvalue weighted by atomic mass is 9.86. The van der Waals surface area contributed by atoms with E-state index in [1.807, 2.05) is 31.2 Å². The predicted molar refractivity (Wildman–Crippen MR) is 121 cm³/mol. The van der Waals surface area contributed by atoms with Crippen molar-refractivity contribution in [3.05, 3.63) is 29.8 Å². The molecule has 2 heterocycles. The van der Waals surface area contributed by atoms with Crippen molar-refractivity contribution in [3.63, 3.8) is 0 Å². The molecule has 8 nitrogen and oxygen atoms in total. The third kappa shape index (κ3) is 6.44. The number of esters is 2. The molecule has 174 valence electrons. The maximum atomic E-state index is 12.0. The lowest BCUT2D eigenvalue weighted by Gasteiger charge is -2.47. The summed E-state index contributed by atoms with van der Waals surface area (Å²) in [6.07, 6.45) is 2.13. The molecule has 2 fully saturated rings. The Morgan fingerprint density at radius 1 is 1.09 bits per heavy atom. The second-order valence-corrected chi connectivity index (χ2v) is 8.45. The lowest BCUT2D eigenvalue weighted by molar-refractivity contribution is -0.146. The number of nitrogens with zero attached hydrogens (tertiary/aromatic N) is 4. The highest BCUT2D eigenvalue weighted by molar-refractivity contribution is 5.71. The number of methoxy groups -OCH3 is 1. The van der Waals surface area contributed by atoms with Crippen LogP contribution in [0.5, 0.6) is 0 Å². The number of piperidine rings is 1. The molecule has 0 amide bonds. The standard InChI is InChI=1S/C24H34N4O4/c1-3-32-24(30)18-26-11-10-22(20(17-26)6-9-23(29)31-2)28-14-12-27(13-15-28)21-7-4-19(16-25)5-8-21/h4-5,7-8,20,22H,3,6,9-15,17-18H2,1-2H3. The largest absolute Gasteiger partial charge is 0.469 e. The molecule has 0 spiro atoms. The van der Waals surface area contributed by atoms with Gasteiger partial charge in [-0.1, -0.05) is 0 Å². The first-order chi connectivity index (χ1) is 15.5. The van der Waals surface area contributed by atoms with Crippen LogP contribution in [0.3, 0.4) is 0 Å². The predicted octanol–water partition coefficient (Wildman–Crippen LogP) is 1.89. The number of carbonyl (C=O) groups is 2. The van der Waals surface area contributed by atoms with Crippen molar-refractivity contribution in [1.29, 1.82) is 5.26 Å².